The molecule has 3 aromatic heterocycles. The van der Waals surface area contributed by atoms with Gasteiger partial charge in [0.2, 0.25) is 0 Å². The molecule has 0 atom stereocenters. The van der Waals surface area contributed by atoms with Crippen molar-refractivity contribution in [2.24, 2.45) is 7.05 Å². The molecule has 1 fully saturated rings. The predicted octanol–water partition coefficient (Wildman–Crippen LogP) is 3.37. The van der Waals surface area contributed by atoms with Gasteiger partial charge in [-0.1, -0.05) is 12.1 Å². The summed E-state index contributed by atoms with van der Waals surface area (Å²) < 4.78 is 52.4. The Kier molecular flexibility index (Phi) is 5.70. The van der Waals surface area contributed by atoms with Gasteiger partial charge in [-0.2, -0.15) is 10.2 Å². The third-order valence-electron chi connectivity index (χ3n) is 5.91. The molecule has 1 amide bonds. The molecule has 4 heterocycles. The maximum atomic E-state index is 15.5. The van der Waals surface area contributed by atoms with Crippen LogP contribution >= 0.6 is 0 Å². The number of para-hydroxylation sites is 1. The molecule has 0 radical (unpaired) electrons. The number of carbonyl (C=O) groups excluding carboxylic acids is 1. The van der Waals surface area contributed by atoms with Gasteiger partial charge in [-0.25, -0.2) is 27.3 Å². The molecule has 0 unspecified atom stereocenters. The highest BCUT2D eigenvalue weighted by molar-refractivity contribution is 7.92. The second kappa shape index (κ2) is 8.54. The van der Waals surface area contributed by atoms with Crippen molar-refractivity contribution < 1.29 is 22.3 Å². The summed E-state index contributed by atoms with van der Waals surface area (Å²) in [6.45, 7) is 4.92. The van der Waals surface area contributed by atoms with E-state index in [1.54, 1.807) is 50.8 Å². The van der Waals surface area contributed by atoms with E-state index in [0.717, 1.165) is 5.39 Å². The predicted molar refractivity (Wildman–Crippen MR) is 133 cm³/mol. The number of nitrogens with one attached hydrogen (secondary N) is 1. The molecular weight excluding hydrogens is 501 g/mol. The second-order valence-electron chi connectivity index (χ2n) is 9.94. The van der Waals surface area contributed by atoms with E-state index in [-0.39, 0.29) is 23.8 Å². The highest BCUT2D eigenvalue weighted by Gasteiger charge is 2.48. The average Bonchev–Trinajstić information content (AvgIpc) is 3.44. The molecule has 11 nitrogen and oxygen atoms in total. The fourth-order valence-electron chi connectivity index (χ4n) is 4.11. The third kappa shape index (κ3) is 4.73. The number of likely N-dealkylation sites (tertiary alicyclic amines) is 1. The number of sulfonamides is 1. The van der Waals surface area contributed by atoms with E-state index < -0.39 is 27.4 Å². The number of hydrogen-bond donors (Lipinski definition) is 1. The zero-order valence-corrected chi connectivity index (χ0v) is 21.5. The second-order valence-corrected chi connectivity index (χ2v) is 11.6. The minimum Gasteiger partial charge on any atom is -0.444 e. The molecule has 0 aliphatic carbocycles. The number of anilines is 1. The molecule has 1 N–H and O–H groups in total. The quantitative estimate of drug-likeness (QED) is 0.422. The summed E-state index contributed by atoms with van der Waals surface area (Å²) in [6.07, 6.45) is 4.98. The summed E-state index contributed by atoms with van der Waals surface area (Å²) in [5.41, 5.74) is -1.13. The first-order valence-electron chi connectivity index (χ1n) is 11.5. The van der Waals surface area contributed by atoms with E-state index in [9.17, 15) is 13.2 Å². The van der Waals surface area contributed by atoms with Gasteiger partial charge in [-0.05, 0) is 44.5 Å². The number of ether oxygens (including phenoxy) is 1. The Balaban J connectivity index is 1.34. The van der Waals surface area contributed by atoms with Crippen LogP contribution in [0.25, 0.3) is 16.7 Å². The minimum absolute atomic E-state index is 0.0893. The van der Waals surface area contributed by atoms with Crippen molar-refractivity contribution in [1.82, 2.24) is 29.4 Å². The molecule has 1 saturated heterocycles. The molecule has 1 aliphatic rings. The van der Waals surface area contributed by atoms with Gasteiger partial charge in [0.25, 0.3) is 10.0 Å². The number of fused-ring (bicyclic) bond motifs is 1. The Morgan fingerprint density at radius 3 is 2.65 bits per heavy atom. The zero-order chi connectivity index (χ0) is 26.6. The molecule has 1 aliphatic heterocycles. The van der Waals surface area contributed by atoms with Crippen molar-refractivity contribution in [3.8, 4) is 5.82 Å². The number of hydrogen-bond acceptors (Lipinski definition) is 7. The minimum atomic E-state index is -3.98. The molecule has 1 aromatic carbocycles. The van der Waals surface area contributed by atoms with Gasteiger partial charge in [0.1, 0.15) is 10.5 Å². The molecule has 0 saturated carbocycles. The van der Waals surface area contributed by atoms with Gasteiger partial charge < -0.3 is 9.64 Å². The highest BCUT2D eigenvalue weighted by Crippen LogP contribution is 2.37. The number of carbonyl (C=O) groups is 1. The SMILES string of the molecule is Cn1ncc2cccc(NS(=O)(=O)c3cnn(-c4cc(C5(F)CN(C(=O)OC(C)(C)C)C5)ccn4)c3)c21. The summed E-state index contributed by atoms with van der Waals surface area (Å²) >= 11 is 0. The summed E-state index contributed by atoms with van der Waals surface area (Å²) in [7, 11) is -2.26. The first kappa shape index (κ1) is 24.7. The number of halogens is 1. The van der Waals surface area contributed by atoms with Crippen LogP contribution < -0.4 is 4.72 Å². The van der Waals surface area contributed by atoms with Crippen LogP contribution in [0.5, 0.6) is 0 Å². The van der Waals surface area contributed by atoms with E-state index >= 15 is 4.39 Å². The maximum Gasteiger partial charge on any atom is 0.410 e. The van der Waals surface area contributed by atoms with Gasteiger partial charge in [-0.3, -0.25) is 9.40 Å². The number of benzene rings is 1. The maximum absolute atomic E-state index is 15.5. The monoisotopic (exact) mass is 527 g/mol. The Labute approximate surface area is 212 Å². The van der Waals surface area contributed by atoms with Crippen molar-refractivity contribution in [1.29, 1.82) is 0 Å². The summed E-state index contributed by atoms with van der Waals surface area (Å²) in [5.74, 6) is 0.237. The van der Waals surface area contributed by atoms with Crippen molar-refractivity contribution in [2.45, 2.75) is 36.9 Å². The summed E-state index contributed by atoms with van der Waals surface area (Å²) in [4.78, 5) is 17.6. The normalized spacial score (nSPS) is 15.4. The summed E-state index contributed by atoms with van der Waals surface area (Å²) in [6, 6.07) is 8.23. The Hall–Kier alpha value is -4.00. The van der Waals surface area contributed by atoms with Crippen molar-refractivity contribution in [3.05, 3.63) is 60.7 Å². The fraction of sp³-hybridized carbons (Fsp3) is 0.333. The first-order chi connectivity index (χ1) is 17.3. The number of alkyl halides is 1. The molecule has 0 spiro atoms. The van der Waals surface area contributed by atoms with Gasteiger partial charge in [0, 0.05) is 18.6 Å². The number of aryl methyl sites for hydroxylation is 1. The van der Waals surface area contributed by atoms with E-state index in [4.69, 9.17) is 4.74 Å². The molecular formula is C24H26FN7O4S. The van der Waals surface area contributed by atoms with Gasteiger partial charge in [-0.15, -0.1) is 0 Å². The highest BCUT2D eigenvalue weighted by atomic mass is 32.2. The number of amides is 1. The summed E-state index contributed by atoms with van der Waals surface area (Å²) in [5, 5.41) is 9.09. The van der Waals surface area contributed by atoms with Gasteiger partial charge in [0.15, 0.2) is 11.5 Å². The lowest BCUT2D eigenvalue weighted by molar-refractivity contribution is -0.0538. The van der Waals surface area contributed by atoms with Gasteiger partial charge >= 0.3 is 6.09 Å². The number of rotatable bonds is 5. The lowest BCUT2D eigenvalue weighted by Crippen LogP contribution is -2.59. The van der Waals surface area contributed by atoms with Crippen molar-refractivity contribution >= 4 is 32.7 Å². The molecule has 4 aromatic rings. The molecule has 37 heavy (non-hydrogen) atoms. The number of nitrogens with zero attached hydrogens (tertiary/aromatic N) is 6. The number of pyridine rings is 1. The van der Waals surface area contributed by atoms with E-state index in [0.29, 0.717) is 16.8 Å². The smallest absolute Gasteiger partial charge is 0.410 e. The van der Waals surface area contributed by atoms with E-state index in [1.807, 2.05) is 6.07 Å². The van der Waals surface area contributed by atoms with Crippen LogP contribution in [0.4, 0.5) is 14.9 Å². The standard InChI is InChI=1S/C24H26FN7O4S/c1-23(2,3)36-22(33)31-14-24(25,15-31)17-8-9-26-20(10-17)32-13-18(12-28-32)37(34,35)29-19-7-5-6-16-11-27-30(4)21(16)19/h5-13,29H,14-15H2,1-4H3. The largest absolute Gasteiger partial charge is 0.444 e. The lowest BCUT2D eigenvalue weighted by Gasteiger charge is -2.44. The Morgan fingerprint density at radius 1 is 1.16 bits per heavy atom. The Morgan fingerprint density at radius 2 is 1.92 bits per heavy atom. The van der Waals surface area contributed by atoms with Crippen LogP contribution in [0.1, 0.15) is 26.3 Å². The van der Waals surface area contributed by atoms with Crippen LogP contribution in [-0.2, 0) is 27.5 Å². The molecule has 13 heteroatoms. The third-order valence-corrected chi connectivity index (χ3v) is 7.23. The lowest BCUT2D eigenvalue weighted by atomic mass is 9.89. The van der Waals surface area contributed by atoms with Gasteiger partial charge in [0.05, 0.1) is 42.9 Å². The Bertz CT molecular complexity index is 1600. The fourth-order valence-corrected chi connectivity index (χ4v) is 5.11. The molecule has 0 bridgehead atoms. The average molecular weight is 528 g/mol. The molecule has 5 rings (SSSR count). The van der Waals surface area contributed by atoms with Crippen LogP contribution in [0, 0.1) is 0 Å². The number of aromatic nitrogens is 5. The topological polar surface area (TPSA) is 124 Å². The zero-order valence-electron chi connectivity index (χ0n) is 20.7. The molecule has 194 valence electrons. The first-order valence-corrected chi connectivity index (χ1v) is 12.9. The van der Waals surface area contributed by atoms with E-state index in [1.165, 1.54) is 40.3 Å². The van der Waals surface area contributed by atoms with Crippen molar-refractivity contribution in [2.75, 3.05) is 17.8 Å². The van der Waals surface area contributed by atoms with Crippen molar-refractivity contribution in [3.63, 3.8) is 0 Å². The van der Waals surface area contributed by atoms with E-state index in [2.05, 4.69) is 19.9 Å². The van der Waals surface area contributed by atoms with Crippen LogP contribution in [0.2, 0.25) is 0 Å². The van der Waals surface area contributed by atoms with Crippen LogP contribution in [-0.4, -0.2) is 62.6 Å². The van der Waals surface area contributed by atoms with Crippen LogP contribution in [0.15, 0.2) is 60.0 Å². The van der Waals surface area contributed by atoms with Crippen LogP contribution in [0.3, 0.4) is 0 Å².